The first-order valence-electron chi connectivity index (χ1n) is 5.75. The van der Waals surface area contributed by atoms with Gasteiger partial charge in [0.05, 0.1) is 12.7 Å². The smallest absolute Gasteiger partial charge is 0.125 e. The molecule has 0 amide bonds. The summed E-state index contributed by atoms with van der Waals surface area (Å²) in [4.78, 5) is 0. The quantitative estimate of drug-likeness (QED) is 0.799. The number of ether oxygens (including phenoxy) is 1. The molecule has 0 aliphatic carbocycles. The number of rotatable bonds is 6. The molecule has 0 heterocycles. The van der Waals surface area contributed by atoms with Crippen LogP contribution in [0.5, 0.6) is 5.75 Å². The van der Waals surface area contributed by atoms with Crippen LogP contribution in [0.2, 0.25) is 0 Å². The molecule has 1 rings (SSSR count). The molecule has 0 saturated heterocycles. The van der Waals surface area contributed by atoms with Gasteiger partial charge in [0, 0.05) is 10.0 Å². The Kier molecular flexibility index (Phi) is 5.85. The van der Waals surface area contributed by atoms with Crippen LogP contribution in [0.25, 0.3) is 0 Å². The van der Waals surface area contributed by atoms with Crippen molar-refractivity contribution in [2.45, 2.75) is 39.2 Å². The Balaban J connectivity index is 2.64. The minimum absolute atomic E-state index is 0.501. The van der Waals surface area contributed by atoms with Crippen molar-refractivity contribution in [3.05, 3.63) is 28.2 Å². The van der Waals surface area contributed by atoms with E-state index in [-0.39, 0.29) is 0 Å². The summed E-state index contributed by atoms with van der Waals surface area (Å²) >= 11 is 3.39. The maximum atomic E-state index is 9.63. The van der Waals surface area contributed by atoms with Crippen molar-refractivity contribution in [2.75, 3.05) is 6.61 Å². The maximum absolute atomic E-state index is 9.63. The Morgan fingerprint density at radius 2 is 2.12 bits per heavy atom. The van der Waals surface area contributed by atoms with E-state index in [4.69, 9.17) is 4.74 Å². The van der Waals surface area contributed by atoms with Crippen LogP contribution in [0.15, 0.2) is 22.7 Å². The van der Waals surface area contributed by atoms with E-state index in [2.05, 4.69) is 22.9 Å². The molecular weight excluding hydrogens is 268 g/mol. The lowest BCUT2D eigenvalue weighted by Crippen LogP contribution is -2.02. The van der Waals surface area contributed by atoms with Crippen LogP contribution in [-0.2, 0) is 0 Å². The molecule has 0 saturated carbocycles. The Labute approximate surface area is 106 Å². The predicted octanol–water partition coefficient (Wildman–Crippen LogP) is 4.07. The van der Waals surface area contributed by atoms with Crippen LogP contribution in [0.3, 0.4) is 0 Å². The Morgan fingerprint density at radius 1 is 1.38 bits per heavy atom. The second-order valence-corrected chi connectivity index (χ2v) is 4.83. The summed E-state index contributed by atoms with van der Waals surface area (Å²) < 4.78 is 6.64. The van der Waals surface area contributed by atoms with Gasteiger partial charge in [-0.05, 0) is 31.5 Å². The van der Waals surface area contributed by atoms with E-state index in [0.29, 0.717) is 0 Å². The van der Waals surface area contributed by atoms with Crippen LogP contribution in [-0.4, -0.2) is 11.7 Å². The number of hydrogen-bond acceptors (Lipinski definition) is 2. The van der Waals surface area contributed by atoms with Gasteiger partial charge in [-0.1, -0.05) is 35.7 Å². The Bertz CT molecular complexity index is 324. The first-order chi connectivity index (χ1) is 7.65. The minimum atomic E-state index is -0.501. The highest BCUT2D eigenvalue weighted by molar-refractivity contribution is 9.10. The predicted molar refractivity (Wildman–Crippen MR) is 69.8 cm³/mol. The van der Waals surface area contributed by atoms with E-state index in [9.17, 15) is 5.11 Å². The fourth-order valence-corrected chi connectivity index (χ4v) is 1.89. The zero-order valence-electron chi connectivity index (χ0n) is 9.87. The normalized spacial score (nSPS) is 12.5. The lowest BCUT2D eigenvalue weighted by molar-refractivity contribution is 0.190. The van der Waals surface area contributed by atoms with Crippen LogP contribution in [0.1, 0.15) is 44.8 Å². The zero-order valence-corrected chi connectivity index (χ0v) is 11.5. The monoisotopic (exact) mass is 286 g/mol. The number of benzene rings is 1. The van der Waals surface area contributed by atoms with Gasteiger partial charge in [-0.3, -0.25) is 0 Å². The molecule has 16 heavy (non-hydrogen) atoms. The summed E-state index contributed by atoms with van der Waals surface area (Å²) in [7, 11) is 0. The summed E-state index contributed by atoms with van der Waals surface area (Å²) in [6.45, 7) is 4.64. The molecule has 2 nitrogen and oxygen atoms in total. The molecule has 0 aliphatic rings. The highest BCUT2D eigenvalue weighted by Crippen LogP contribution is 2.28. The topological polar surface area (TPSA) is 29.5 Å². The standard InChI is InChI=1S/C13H19BrO2/c1-3-4-5-8-16-13-7-6-11(14)9-12(13)10(2)15/h6-7,9-10,15H,3-5,8H2,1-2H3/t10-/m0/s1. The molecule has 0 unspecified atom stereocenters. The second-order valence-electron chi connectivity index (χ2n) is 3.91. The molecule has 0 fully saturated rings. The molecule has 1 aromatic carbocycles. The first kappa shape index (κ1) is 13.5. The van der Waals surface area contributed by atoms with Gasteiger partial charge in [-0.25, -0.2) is 0 Å². The van der Waals surface area contributed by atoms with Crippen molar-refractivity contribution in [3.8, 4) is 5.75 Å². The van der Waals surface area contributed by atoms with Gasteiger partial charge in [0.15, 0.2) is 0 Å². The summed E-state index contributed by atoms with van der Waals surface area (Å²) in [5, 5.41) is 9.63. The zero-order chi connectivity index (χ0) is 12.0. The molecule has 0 spiro atoms. The molecule has 1 N–H and O–H groups in total. The van der Waals surface area contributed by atoms with Gasteiger partial charge in [-0.15, -0.1) is 0 Å². The molecule has 0 radical (unpaired) electrons. The molecule has 1 atom stereocenters. The lowest BCUT2D eigenvalue weighted by atomic mass is 10.1. The molecule has 0 aromatic heterocycles. The number of halogens is 1. The molecular formula is C13H19BrO2. The Morgan fingerprint density at radius 3 is 2.75 bits per heavy atom. The highest BCUT2D eigenvalue weighted by Gasteiger charge is 2.09. The fourth-order valence-electron chi connectivity index (χ4n) is 1.51. The average molecular weight is 287 g/mol. The van der Waals surface area contributed by atoms with Crippen molar-refractivity contribution in [1.82, 2.24) is 0 Å². The summed E-state index contributed by atoms with van der Waals surface area (Å²) in [6.07, 6.45) is 2.93. The number of unbranched alkanes of at least 4 members (excludes halogenated alkanes) is 2. The fraction of sp³-hybridized carbons (Fsp3) is 0.538. The van der Waals surface area contributed by atoms with Crippen LogP contribution in [0.4, 0.5) is 0 Å². The van der Waals surface area contributed by atoms with E-state index >= 15 is 0 Å². The third-order valence-electron chi connectivity index (χ3n) is 2.43. The first-order valence-corrected chi connectivity index (χ1v) is 6.54. The summed E-state index contributed by atoms with van der Waals surface area (Å²) in [5.74, 6) is 0.786. The molecule has 90 valence electrons. The van der Waals surface area contributed by atoms with Crippen molar-refractivity contribution < 1.29 is 9.84 Å². The molecule has 3 heteroatoms. The third kappa shape index (κ3) is 4.14. The van der Waals surface area contributed by atoms with Gasteiger partial charge in [-0.2, -0.15) is 0 Å². The second kappa shape index (κ2) is 6.92. The van der Waals surface area contributed by atoms with E-state index < -0.39 is 6.10 Å². The number of aliphatic hydroxyl groups excluding tert-OH is 1. The maximum Gasteiger partial charge on any atom is 0.125 e. The summed E-state index contributed by atoms with van der Waals surface area (Å²) in [6, 6.07) is 5.74. The largest absolute Gasteiger partial charge is 0.493 e. The highest BCUT2D eigenvalue weighted by atomic mass is 79.9. The van der Waals surface area contributed by atoms with E-state index in [1.807, 2.05) is 18.2 Å². The van der Waals surface area contributed by atoms with Crippen molar-refractivity contribution in [1.29, 1.82) is 0 Å². The van der Waals surface area contributed by atoms with Crippen molar-refractivity contribution >= 4 is 15.9 Å². The SMILES string of the molecule is CCCCCOc1ccc(Br)cc1[C@H](C)O. The van der Waals surface area contributed by atoms with Crippen LogP contribution in [0, 0.1) is 0 Å². The van der Waals surface area contributed by atoms with Gasteiger partial charge in [0.2, 0.25) is 0 Å². The van der Waals surface area contributed by atoms with Gasteiger partial charge >= 0.3 is 0 Å². The molecule has 1 aromatic rings. The lowest BCUT2D eigenvalue weighted by Gasteiger charge is -2.13. The number of aliphatic hydroxyl groups is 1. The van der Waals surface area contributed by atoms with E-state index in [0.717, 1.165) is 28.8 Å². The van der Waals surface area contributed by atoms with Gasteiger partial charge in [0.1, 0.15) is 5.75 Å². The third-order valence-corrected chi connectivity index (χ3v) is 2.92. The Hall–Kier alpha value is -0.540. The minimum Gasteiger partial charge on any atom is -0.493 e. The van der Waals surface area contributed by atoms with Gasteiger partial charge in [0.25, 0.3) is 0 Å². The van der Waals surface area contributed by atoms with E-state index in [1.54, 1.807) is 6.92 Å². The molecule has 0 aliphatic heterocycles. The molecule has 0 bridgehead atoms. The van der Waals surface area contributed by atoms with Gasteiger partial charge < -0.3 is 9.84 Å². The summed E-state index contributed by atoms with van der Waals surface area (Å²) in [5.41, 5.74) is 0.839. The average Bonchev–Trinajstić information content (AvgIpc) is 2.26. The van der Waals surface area contributed by atoms with Crippen LogP contribution < -0.4 is 4.74 Å². The number of hydrogen-bond donors (Lipinski definition) is 1. The van der Waals surface area contributed by atoms with Crippen LogP contribution >= 0.6 is 15.9 Å². The van der Waals surface area contributed by atoms with E-state index in [1.165, 1.54) is 12.8 Å². The van der Waals surface area contributed by atoms with Crippen molar-refractivity contribution in [3.63, 3.8) is 0 Å². The van der Waals surface area contributed by atoms with Crippen molar-refractivity contribution in [2.24, 2.45) is 0 Å².